The van der Waals surface area contributed by atoms with E-state index in [0.29, 0.717) is 0 Å². The highest BCUT2D eigenvalue weighted by Gasteiger charge is 2.20. The van der Waals surface area contributed by atoms with Gasteiger partial charge in [0.25, 0.3) is 0 Å². The molecule has 0 aromatic carbocycles. The standard InChI is InChI=1S/C9H14N4O3S/c1-13(6-4-9(10)12-14)17(15,16)8-3-2-5-11-7-8/h2-3,5,7,14H,4,6H2,1H3,(H2,10,12). The second-order valence-corrected chi connectivity index (χ2v) is 5.40. The van der Waals surface area contributed by atoms with Crippen LogP contribution >= 0.6 is 0 Å². The van der Waals surface area contributed by atoms with Crippen LogP contribution in [0.4, 0.5) is 0 Å². The van der Waals surface area contributed by atoms with Crippen molar-refractivity contribution >= 4 is 15.9 Å². The molecule has 0 atom stereocenters. The van der Waals surface area contributed by atoms with E-state index < -0.39 is 10.0 Å². The third kappa shape index (κ3) is 3.40. The maximum Gasteiger partial charge on any atom is 0.244 e. The van der Waals surface area contributed by atoms with Crippen LogP contribution in [0.15, 0.2) is 34.6 Å². The summed E-state index contributed by atoms with van der Waals surface area (Å²) in [5.41, 5.74) is 5.27. The molecular formula is C9H14N4O3S. The van der Waals surface area contributed by atoms with Gasteiger partial charge in [-0.05, 0) is 12.1 Å². The van der Waals surface area contributed by atoms with Crippen molar-refractivity contribution in [3.8, 4) is 0 Å². The molecule has 0 fully saturated rings. The zero-order valence-corrected chi connectivity index (χ0v) is 10.1. The highest BCUT2D eigenvalue weighted by molar-refractivity contribution is 7.89. The fourth-order valence-corrected chi connectivity index (χ4v) is 2.26. The molecular weight excluding hydrogens is 244 g/mol. The normalized spacial score (nSPS) is 12.9. The van der Waals surface area contributed by atoms with Crippen LogP contribution in [0.25, 0.3) is 0 Å². The molecule has 1 aromatic heterocycles. The molecule has 1 heterocycles. The molecule has 0 aliphatic carbocycles. The molecule has 0 aliphatic rings. The predicted molar refractivity (Wildman–Crippen MR) is 62.1 cm³/mol. The van der Waals surface area contributed by atoms with Gasteiger partial charge in [-0.3, -0.25) is 4.98 Å². The van der Waals surface area contributed by atoms with E-state index >= 15 is 0 Å². The maximum absolute atomic E-state index is 12.0. The molecule has 94 valence electrons. The van der Waals surface area contributed by atoms with Gasteiger partial charge in [-0.25, -0.2) is 12.7 Å². The summed E-state index contributed by atoms with van der Waals surface area (Å²) < 4.78 is 25.1. The first-order valence-corrected chi connectivity index (χ1v) is 6.25. The molecule has 17 heavy (non-hydrogen) atoms. The van der Waals surface area contributed by atoms with Gasteiger partial charge >= 0.3 is 0 Å². The molecule has 7 nitrogen and oxygen atoms in total. The van der Waals surface area contributed by atoms with E-state index in [-0.39, 0.29) is 23.7 Å². The van der Waals surface area contributed by atoms with Crippen molar-refractivity contribution < 1.29 is 13.6 Å². The number of hydrogen-bond donors (Lipinski definition) is 2. The first kappa shape index (κ1) is 13.4. The van der Waals surface area contributed by atoms with Crippen molar-refractivity contribution in [1.29, 1.82) is 0 Å². The number of hydrogen-bond acceptors (Lipinski definition) is 5. The van der Waals surface area contributed by atoms with Gasteiger partial charge in [-0.1, -0.05) is 5.16 Å². The second kappa shape index (κ2) is 5.60. The summed E-state index contributed by atoms with van der Waals surface area (Å²) in [5.74, 6) is -0.0155. The topological polar surface area (TPSA) is 109 Å². The van der Waals surface area contributed by atoms with E-state index in [1.807, 2.05) is 0 Å². The van der Waals surface area contributed by atoms with Crippen LogP contribution < -0.4 is 5.73 Å². The van der Waals surface area contributed by atoms with Crippen LogP contribution in [-0.2, 0) is 10.0 Å². The largest absolute Gasteiger partial charge is 0.409 e. The summed E-state index contributed by atoms with van der Waals surface area (Å²) in [6.45, 7) is 0.132. The Morgan fingerprint density at radius 2 is 2.35 bits per heavy atom. The molecule has 0 bridgehead atoms. The molecule has 1 aromatic rings. The van der Waals surface area contributed by atoms with Crippen molar-refractivity contribution in [1.82, 2.24) is 9.29 Å². The first-order chi connectivity index (χ1) is 7.98. The highest BCUT2D eigenvalue weighted by atomic mass is 32.2. The van der Waals surface area contributed by atoms with E-state index in [4.69, 9.17) is 10.9 Å². The van der Waals surface area contributed by atoms with Crippen molar-refractivity contribution in [3.05, 3.63) is 24.5 Å². The fraction of sp³-hybridized carbons (Fsp3) is 0.333. The number of sulfonamides is 1. The lowest BCUT2D eigenvalue weighted by atomic mass is 10.4. The van der Waals surface area contributed by atoms with E-state index in [2.05, 4.69) is 10.1 Å². The molecule has 8 heteroatoms. The van der Waals surface area contributed by atoms with Crippen molar-refractivity contribution in [2.45, 2.75) is 11.3 Å². The van der Waals surface area contributed by atoms with E-state index in [0.717, 1.165) is 4.31 Å². The van der Waals surface area contributed by atoms with Gasteiger partial charge in [0, 0.05) is 32.4 Å². The molecule has 0 amide bonds. The third-order valence-electron chi connectivity index (χ3n) is 2.15. The quantitative estimate of drug-likeness (QED) is 0.330. The first-order valence-electron chi connectivity index (χ1n) is 4.81. The molecule has 3 N–H and O–H groups in total. The maximum atomic E-state index is 12.0. The minimum absolute atomic E-state index is 0.0155. The number of nitrogens with zero attached hydrogens (tertiary/aromatic N) is 3. The molecule has 0 saturated heterocycles. The van der Waals surface area contributed by atoms with Crippen LogP contribution in [-0.4, -0.2) is 42.3 Å². The number of pyridine rings is 1. The molecule has 0 spiro atoms. The monoisotopic (exact) mass is 258 g/mol. The van der Waals surface area contributed by atoms with E-state index in [1.54, 1.807) is 6.07 Å². The predicted octanol–water partition coefficient (Wildman–Crippen LogP) is -0.161. The van der Waals surface area contributed by atoms with E-state index in [1.165, 1.54) is 25.5 Å². The van der Waals surface area contributed by atoms with Gasteiger partial charge in [-0.2, -0.15) is 0 Å². The Balaban J connectivity index is 2.78. The number of nitrogens with two attached hydrogens (primary N) is 1. The van der Waals surface area contributed by atoms with Crippen LogP contribution in [0, 0.1) is 0 Å². The Morgan fingerprint density at radius 3 is 2.88 bits per heavy atom. The Bertz CT molecular complexity index is 486. The summed E-state index contributed by atoms with van der Waals surface area (Å²) in [6, 6.07) is 3.01. The number of oxime groups is 1. The molecule has 1 rings (SSSR count). The molecule has 0 unspecified atom stereocenters. The van der Waals surface area contributed by atoms with Crippen LogP contribution in [0.2, 0.25) is 0 Å². The number of rotatable bonds is 5. The Hall–Kier alpha value is -1.67. The zero-order valence-electron chi connectivity index (χ0n) is 9.31. The molecule has 0 saturated carbocycles. The van der Waals surface area contributed by atoms with Gasteiger partial charge in [0.15, 0.2) is 0 Å². The fourth-order valence-electron chi connectivity index (χ4n) is 1.12. The van der Waals surface area contributed by atoms with Crippen LogP contribution in [0.5, 0.6) is 0 Å². The summed E-state index contributed by atoms with van der Waals surface area (Å²) in [4.78, 5) is 3.86. The van der Waals surface area contributed by atoms with Gasteiger partial charge in [0.2, 0.25) is 10.0 Å². The average Bonchev–Trinajstić information content (AvgIpc) is 2.36. The van der Waals surface area contributed by atoms with Gasteiger partial charge < -0.3 is 10.9 Å². The Labute approximate surface area is 99.6 Å². The number of aromatic nitrogens is 1. The smallest absolute Gasteiger partial charge is 0.244 e. The Morgan fingerprint density at radius 1 is 1.65 bits per heavy atom. The van der Waals surface area contributed by atoms with Crippen LogP contribution in [0.3, 0.4) is 0 Å². The molecule has 0 aliphatic heterocycles. The van der Waals surface area contributed by atoms with Gasteiger partial charge in [0.1, 0.15) is 10.7 Å². The van der Waals surface area contributed by atoms with Crippen molar-refractivity contribution in [2.24, 2.45) is 10.9 Å². The van der Waals surface area contributed by atoms with E-state index in [9.17, 15) is 8.42 Å². The zero-order chi connectivity index (χ0) is 12.9. The SMILES string of the molecule is CN(CC/C(N)=N/O)S(=O)(=O)c1cccnc1. The minimum Gasteiger partial charge on any atom is -0.409 e. The summed E-state index contributed by atoms with van der Waals surface area (Å²) in [6.07, 6.45) is 2.93. The summed E-state index contributed by atoms with van der Waals surface area (Å²) in [5, 5.41) is 11.1. The van der Waals surface area contributed by atoms with Gasteiger partial charge in [0.05, 0.1) is 0 Å². The van der Waals surface area contributed by atoms with Gasteiger partial charge in [-0.15, -0.1) is 0 Å². The third-order valence-corrected chi connectivity index (χ3v) is 3.99. The lowest BCUT2D eigenvalue weighted by Gasteiger charge is -2.16. The van der Waals surface area contributed by atoms with Crippen molar-refractivity contribution in [2.75, 3.05) is 13.6 Å². The Kier molecular flexibility index (Phi) is 4.41. The lowest BCUT2D eigenvalue weighted by molar-refractivity contribution is 0.316. The highest BCUT2D eigenvalue weighted by Crippen LogP contribution is 2.12. The number of amidine groups is 1. The average molecular weight is 258 g/mol. The van der Waals surface area contributed by atoms with Crippen molar-refractivity contribution in [3.63, 3.8) is 0 Å². The van der Waals surface area contributed by atoms with Crippen LogP contribution in [0.1, 0.15) is 6.42 Å². The second-order valence-electron chi connectivity index (χ2n) is 3.36. The minimum atomic E-state index is -3.56. The lowest BCUT2D eigenvalue weighted by Crippen LogP contribution is -2.30. The summed E-state index contributed by atoms with van der Waals surface area (Å²) in [7, 11) is -2.14. The summed E-state index contributed by atoms with van der Waals surface area (Å²) >= 11 is 0. The molecule has 0 radical (unpaired) electrons.